The third-order valence-corrected chi connectivity index (χ3v) is 6.38. The Kier molecular flexibility index (Phi) is 5.33. The number of aromatic nitrogens is 1. The Labute approximate surface area is 191 Å². The van der Waals surface area contributed by atoms with Gasteiger partial charge in [0, 0.05) is 0 Å². The van der Waals surface area contributed by atoms with Crippen molar-refractivity contribution < 1.29 is 23.4 Å². The van der Waals surface area contributed by atoms with E-state index < -0.39 is 12.0 Å². The Hall–Kier alpha value is -3.72. The zero-order valence-corrected chi connectivity index (χ0v) is 18.6. The molecule has 0 bridgehead atoms. The van der Waals surface area contributed by atoms with Gasteiger partial charge in [0.25, 0.3) is 5.56 Å². The van der Waals surface area contributed by atoms with Gasteiger partial charge in [0.15, 0.2) is 16.3 Å². The van der Waals surface area contributed by atoms with Crippen molar-refractivity contribution in [1.82, 2.24) is 4.57 Å². The summed E-state index contributed by atoms with van der Waals surface area (Å²) in [7, 11) is 0. The van der Waals surface area contributed by atoms with E-state index in [0.717, 1.165) is 0 Å². The van der Waals surface area contributed by atoms with Crippen molar-refractivity contribution >= 4 is 23.4 Å². The second-order valence-electron chi connectivity index (χ2n) is 7.47. The summed E-state index contributed by atoms with van der Waals surface area (Å²) in [6.45, 7) is 3.75. The highest BCUT2D eigenvalue weighted by Gasteiger charge is 2.34. The molecule has 0 saturated carbocycles. The van der Waals surface area contributed by atoms with Crippen molar-refractivity contribution in [3.05, 3.63) is 90.4 Å². The highest BCUT2D eigenvalue weighted by Crippen LogP contribution is 2.38. The topological polar surface area (TPSA) is 79.1 Å². The Balaban J connectivity index is 1.72. The van der Waals surface area contributed by atoms with Gasteiger partial charge in [-0.1, -0.05) is 29.5 Å². The predicted octanol–water partition coefficient (Wildman–Crippen LogP) is 2.67. The molecule has 0 fully saturated rings. The molecule has 1 atom stereocenters. The van der Waals surface area contributed by atoms with Gasteiger partial charge >= 0.3 is 5.97 Å². The first kappa shape index (κ1) is 21.1. The second kappa shape index (κ2) is 8.32. The van der Waals surface area contributed by atoms with Crippen molar-refractivity contribution in [3.8, 4) is 11.5 Å². The number of benzene rings is 2. The van der Waals surface area contributed by atoms with E-state index >= 15 is 0 Å². The first-order valence-corrected chi connectivity index (χ1v) is 11.1. The lowest BCUT2D eigenvalue weighted by Gasteiger charge is -2.24. The molecular formula is C24H19FN2O5S. The molecule has 1 aromatic heterocycles. The average molecular weight is 466 g/mol. The van der Waals surface area contributed by atoms with E-state index in [0.29, 0.717) is 37.7 Å². The average Bonchev–Trinajstić information content (AvgIpc) is 3.38. The Bertz CT molecular complexity index is 1470. The molecule has 7 nitrogen and oxygen atoms in total. The van der Waals surface area contributed by atoms with Crippen LogP contribution >= 0.6 is 11.3 Å². The largest absolute Gasteiger partial charge is 0.463 e. The summed E-state index contributed by atoms with van der Waals surface area (Å²) in [6.07, 6.45) is 1.68. The fraction of sp³-hybridized carbons (Fsp3) is 0.208. The van der Waals surface area contributed by atoms with Crippen LogP contribution in [0.1, 0.15) is 31.0 Å². The van der Waals surface area contributed by atoms with Crippen molar-refractivity contribution in [2.75, 3.05) is 13.4 Å². The first-order valence-electron chi connectivity index (χ1n) is 10.3. The Morgan fingerprint density at radius 2 is 2.00 bits per heavy atom. The van der Waals surface area contributed by atoms with Crippen LogP contribution in [0.15, 0.2) is 63.5 Å². The number of thiazole rings is 1. The number of carbonyl (C=O) groups excluding carboxylic acids is 1. The highest BCUT2D eigenvalue weighted by molar-refractivity contribution is 7.07. The molecule has 0 N–H and O–H groups in total. The van der Waals surface area contributed by atoms with Gasteiger partial charge in [0.05, 0.1) is 28.5 Å². The number of carbonyl (C=O) groups is 1. The van der Waals surface area contributed by atoms with Gasteiger partial charge in [-0.3, -0.25) is 9.36 Å². The van der Waals surface area contributed by atoms with Crippen LogP contribution in [0.25, 0.3) is 6.08 Å². The summed E-state index contributed by atoms with van der Waals surface area (Å²) in [4.78, 5) is 31.4. The van der Waals surface area contributed by atoms with Gasteiger partial charge in [-0.05, 0) is 55.3 Å². The summed E-state index contributed by atoms with van der Waals surface area (Å²) in [5.74, 6) is 0.250. The van der Waals surface area contributed by atoms with Crippen LogP contribution < -0.4 is 24.4 Å². The van der Waals surface area contributed by atoms with Gasteiger partial charge in [-0.25, -0.2) is 14.2 Å². The monoisotopic (exact) mass is 466 g/mol. The second-order valence-corrected chi connectivity index (χ2v) is 8.48. The van der Waals surface area contributed by atoms with E-state index in [4.69, 9.17) is 14.2 Å². The molecule has 3 aromatic rings. The number of ether oxygens (including phenoxy) is 3. The molecule has 0 amide bonds. The van der Waals surface area contributed by atoms with E-state index in [1.165, 1.54) is 28.0 Å². The minimum Gasteiger partial charge on any atom is -0.463 e. The summed E-state index contributed by atoms with van der Waals surface area (Å²) >= 11 is 1.21. The molecule has 0 saturated heterocycles. The van der Waals surface area contributed by atoms with Gasteiger partial charge in [0.1, 0.15) is 5.82 Å². The zero-order chi connectivity index (χ0) is 23.1. The van der Waals surface area contributed by atoms with E-state index in [-0.39, 0.29) is 30.3 Å². The molecular weight excluding hydrogens is 447 g/mol. The van der Waals surface area contributed by atoms with Crippen LogP contribution in [0.2, 0.25) is 0 Å². The zero-order valence-electron chi connectivity index (χ0n) is 17.8. The van der Waals surface area contributed by atoms with Crippen molar-refractivity contribution in [2.24, 2.45) is 4.99 Å². The van der Waals surface area contributed by atoms with Gasteiger partial charge < -0.3 is 14.2 Å². The number of hydrogen-bond donors (Lipinski definition) is 0. The summed E-state index contributed by atoms with van der Waals surface area (Å²) in [5, 5.41) is 0. The SMILES string of the molecule is CCOC(=O)C1=C(C)N=c2sc(=Cc3ccc(F)cc3)c(=O)n2C1c1ccc2c(c1)OCO2. The standard InChI is InChI=1S/C24H19FN2O5S/c1-3-30-23(29)20-13(2)26-24-27(21(20)15-6-9-17-18(11-15)32-12-31-17)22(28)19(33-24)10-14-4-7-16(25)8-5-14/h4-11,21H,3,12H2,1-2H3. The number of nitrogens with zero attached hydrogens (tertiary/aromatic N) is 2. The fourth-order valence-corrected chi connectivity index (χ4v) is 4.95. The van der Waals surface area contributed by atoms with E-state index in [2.05, 4.69) is 4.99 Å². The van der Waals surface area contributed by atoms with Crippen LogP contribution in [0.3, 0.4) is 0 Å². The van der Waals surface area contributed by atoms with E-state index in [9.17, 15) is 14.0 Å². The number of esters is 1. The van der Waals surface area contributed by atoms with Crippen LogP contribution in [0, 0.1) is 5.82 Å². The highest BCUT2D eigenvalue weighted by atomic mass is 32.1. The normalized spacial score (nSPS) is 17.1. The molecule has 0 spiro atoms. The lowest BCUT2D eigenvalue weighted by Crippen LogP contribution is -2.39. The molecule has 33 heavy (non-hydrogen) atoms. The molecule has 3 heterocycles. The molecule has 2 aromatic carbocycles. The first-order chi connectivity index (χ1) is 16.0. The van der Waals surface area contributed by atoms with Gasteiger partial charge in [0.2, 0.25) is 6.79 Å². The smallest absolute Gasteiger partial charge is 0.338 e. The molecule has 0 aliphatic carbocycles. The lowest BCUT2D eigenvalue weighted by molar-refractivity contribution is -0.139. The minimum atomic E-state index is -0.745. The molecule has 2 aliphatic rings. The van der Waals surface area contributed by atoms with E-state index in [1.54, 1.807) is 50.3 Å². The fourth-order valence-electron chi connectivity index (χ4n) is 3.90. The summed E-state index contributed by atoms with van der Waals surface area (Å²) in [5.41, 5.74) is 1.82. The molecule has 5 rings (SSSR count). The maximum absolute atomic E-state index is 13.5. The molecule has 2 aliphatic heterocycles. The van der Waals surface area contributed by atoms with Crippen LogP contribution in [-0.2, 0) is 9.53 Å². The third-order valence-electron chi connectivity index (χ3n) is 5.40. The van der Waals surface area contributed by atoms with Crippen LogP contribution in [0.5, 0.6) is 11.5 Å². The van der Waals surface area contributed by atoms with Gasteiger partial charge in [-0.2, -0.15) is 0 Å². The Morgan fingerprint density at radius 1 is 1.24 bits per heavy atom. The quantitative estimate of drug-likeness (QED) is 0.553. The molecule has 168 valence electrons. The molecule has 1 unspecified atom stereocenters. The third kappa shape index (κ3) is 3.74. The van der Waals surface area contributed by atoms with Crippen molar-refractivity contribution in [3.63, 3.8) is 0 Å². The maximum Gasteiger partial charge on any atom is 0.338 e. The summed E-state index contributed by atoms with van der Waals surface area (Å²) in [6, 6.07) is 10.4. The van der Waals surface area contributed by atoms with Crippen molar-refractivity contribution in [1.29, 1.82) is 0 Å². The predicted molar refractivity (Wildman–Crippen MR) is 119 cm³/mol. The van der Waals surface area contributed by atoms with Gasteiger partial charge in [-0.15, -0.1) is 0 Å². The summed E-state index contributed by atoms with van der Waals surface area (Å²) < 4.78 is 31.4. The van der Waals surface area contributed by atoms with E-state index in [1.807, 2.05) is 0 Å². The lowest BCUT2D eigenvalue weighted by atomic mass is 9.95. The number of allylic oxidation sites excluding steroid dienone is 1. The number of fused-ring (bicyclic) bond motifs is 2. The number of rotatable bonds is 4. The molecule has 0 radical (unpaired) electrons. The number of halogens is 1. The molecule has 9 heteroatoms. The van der Waals surface area contributed by atoms with Crippen LogP contribution in [-0.4, -0.2) is 23.9 Å². The van der Waals surface area contributed by atoms with Crippen molar-refractivity contribution in [2.45, 2.75) is 19.9 Å². The maximum atomic E-state index is 13.5. The minimum absolute atomic E-state index is 0.110. The Morgan fingerprint density at radius 3 is 2.76 bits per heavy atom. The van der Waals surface area contributed by atoms with Crippen LogP contribution in [0.4, 0.5) is 4.39 Å². The number of hydrogen-bond acceptors (Lipinski definition) is 7.